The molecule has 7 heteroatoms. The summed E-state index contributed by atoms with van der Waals surface area (Å²) in [6.07, 6.45) is -4.53. The van der Waals surface area contributed by atoms with Crippen LogP contribution in [0.15, 0.2) is 48.5 Å². The third-order valence-corrected chi connectivity index (χ3v) is 4.51. The van der Waals surface area contributed by atoms with E-state index in [4.69, 9.17) is 11.6 Å². The van der Waals surface area contributed by atoms with Gasteiger partial charge in [0.05, 0.1) is 17.8 Å². The van der Waals surface area contributed by atoms with E-state index < -0.39 is 17.6 Å². The molecule has 0 saturated carbocycles. The summed E-state index contributed by atoms with van der Waals surface area (Å²) in [5.41, 5.74) is -0.249. The lowest BCUT2D eigenvalue weighted by Crippen LogP contribution is -2.35. The summed E-state index contributed by atoms with van der Waals surface area (Å²) in [7, 11) is 0. The van der Waals surface area contributed by atoms with Crippen LogP contribution in [0.5, 0.6) is 0 Å². The second-order valence-electron chi connectivity index (χ2n) is 5.85. The van der Waals surface area contributed by atoms with Crippen molar-refractivity contribution in [1.29, 1.82) is 0 Å². The van der Waals surface area contributed by atoms with Gasteiger partial charge < -0.3 is 5.32 Å². The number of likely N-dealkylation sites (N-methyl/N-ethyl adjacent to an activating group) is 1. The molecule has 0 saturated heterocycles. The van der Waals surface area contributed by atoms with Gasteiger partial charge in [0.2, 0.25) is 5.91 Å². The zero-order chi connectivity index (χ0) is 19.3. The van der Waals surface area contributed by atoms with Crippen LogP contribution in [0.4, 0.5) is 18.9 Å². The van der Waals surface area contributed by atoms with E-state index in [1.165, 1.54) is 18.2 Å². The minimum atomic E-state index is -4.53. The summed E-state index contributed by atoms with van der Waals surface area (Å²) in [5, 5.41) is 2.95. The zero-order valence-electron chi connectivity index (χ0n) is 14.5. The molecule has 0 radical (unpaired) electrons. The van der Waals surface area contributed by atoms with Crippen molar-refractivity contribution < 1.29 is 18.0 Å². The molecule has 0 heterocycles. The summed E-state index contributed by atoms with van der Waals surface area (Å²) in [5.74, 6) is -0.512. The number of carbonyl (C=O) groups excluding carboxylic acids is 1. The van der Waals surface area contributed by atoms with Crippen molar-refractivity contribution in [3.63, 3.8) is 0 Å². The Morgan fingerprint density at radius 2 is 1.77 bits per heavy atom. The molecule has 26 heavy (non-hydrogen) atoms. The van der Waals surface area contributed by atoms with Crippen LogP contribution in [0, 0.1) is 0 Å². The summed E-state index contributed by atoms with van der Waals surface area (Å²) in [6, 6.07) is 12.1. The Kier molecular flexibility index (Phi) is 6.67. The van der Waals surface area contributed by atoms with E-state index in [0.717, 1.165) is 11.6 Å². The fourth-order valence-corrected chi connectivity index (χ4v) is 3.04. The van der Waals surface area contributed by atoms with Crippen LogP contribution in [0.2, 0.25) is 5.02 Å². The van der Waals surface area contributed by atoms with Gasteiger partial charge in [0.15, 0.2) is 0 Å². The Labute approximate surface area is 155 Å². The van der Waals surface area contributed by atoms with Crippen molar-refractivity contribution in [2.75, 3.05) is 18.4 Å². The Morgan fingerprint density at radius 3 is 2.38 bits per heavy atom. The molecular weight excluding hydrogens is 365 g/mol. The first kappa shape index (κ1) is 20.3. The number of nitrogens with one attached hydrogen (secondary N) is 1. The molecule has 1 unspecified atom stereocenters. The van der Waals surface area contributed by atoms with Crippen LogP contribution >= 0.6 is 11.6 Å². The lowest BCUT2D eigenvalue weighted by molar-refractivity contribution is -0.137. The van der Waals surface area contributed by atoms with E-state index in [0.29, 0.717) is 11.6 Å². The van der Waals surface area contributed by atoms with Crippen molar-refractivity contribution in [2.24, 2.45) is 0 Å². The standard InChI is InChI=1S/C19H20ClF3N2O/c1-3-25(13(2)14-8-4-6-10-16(14)20)12-18(26)24-17-11-7-5-9-15(17)19(21,22)23/h4-11,13H,3,12H2,1-2H3,(H,24,26). The van der Waals surface area contributed by atoms with Crippen LogP contribution in [0.3, 0.4) is 0 Å². The molecule has 0 aliphatic rings. The van der Waals surface area contributed by atoms with Crippen LogP contribution in [-0.2, 0) is 11.0 Å². The number of carbonyl (C=O) groups is 1. The highest BCUT2D eigenvalue weighted by Gasteiger charge is 2.33. The third-order valence-electron chi connectivity index (χ3n) is 4.16. The normalized spacial score (nSPS) is 12.9. The van der Waals surface area contributed by atoms with Gasteiger partial charge in [-0.2, -0.15) is 13.2 Å². The number of nitrogens with zero attached hydrogens (tertiary/aromatic N) is 1. The first-order chi connectivity index (χ1) is 12.2. The number of halogens is 4. The minimum Gasteiger partial charge on any atom is -0.324 e. The van der Waals surface area contributed by atoms with E-state index in [1.54, 1.807) is 6.07 Å². The Morgan fingerprint density at radius 1 is 1.15 bits per heavy atom. The molecule has 0 bridgehead atoms. The number of hydrogen-bond donors (Lipinski definition) is 1. The number of hydrogen-bond acceptors (Lipinski definition) is 2. The molecule has 3 nitrogen and oxygen atoms in total. The van der Waals surface area contributed by atoms with Crippen LogP contribution in [0.1, 0.15) is 31.0 Å². The summed E-state index contributed by atoms with van der Waals surface area (Å²) in [6.45, 7) is 4.28. The zero-order valence-corrected chi connectivity index (χ0v) is 15.2. The first-order valence-electron chi connectivity index (χ1n) is 8.18. The van der Waals surface area contributed by atoms with Crippen LogP contribution < -0.4 is 5.32 Å². The summed E-state index contributed by atoms with van der Waals surface area (Å²) < 4.78 is 39.1. The van der Waals surface area contributed by atoms with Gasteiger partial charge in [-0.1, -0.05) is 48.9 Å². The van der Waals surface area contributed by atoms with Crippen LogP contribution in [-0.4, -0.2) is 23.9 Å². The number of alkyl halides is 3. The quantitative estimate of drug-likeness (QED) is 0.725. The average molecular weight is 385 g/mol. The lowest BCUT2D eigenvalue weighted by Gasteiger charge is -2.28. The Balaban J connectivity index is 2.12. The first-order valence-corrected chi connectivity index (χ1v) is 8.56. The number of amides is 1. The van der Waals surface area contributed by atoms with Gasteiger partial charge in [-0.05, 0) is 37.2 Å². The molecule has 0 aliphatic carbocycles. The highest BCUT2D eigenvalue weighted by molar-refractivity contribution is 6.31. The molecule has 0 spiro atoms. The number of rotatable bonds is 6. The van der Waals surface area contributed by atoms with Gasteiger partial charge in [0.1, 0.15) is 0 Å². The maximum Gasteiger partial charge on any atom is 0.418 e. The number of anilines is 1. The van der Waals surface area contributed by atoms with Gasteiger partial charge in [-0.25, -0.2) is 0 Å². The summed E-state index contributed by atoms with van der Waals surface area (Å²) in [4.78, 5) is 14.2. The molecule has 2 aromatic rings. The molecule has 0 aromatic heterocycles. The van der Waals surface area contributed by atoms with E-state index in [1.807, 2.05) is 36.9 Å². The van der Waals surface area contributed by atoms with E-state index in [2.05, 4.69) is 5.32 Å². The lowest BCUT2D eigenvalue weighted by atomic mass is 10.1. The van der Waals surface area contributed by atoms with Gasteiger partial charge in [0, 0.05) is 11.1 Å². The fourth-order valence-electron chi connectivity index (χ4n) is 2.75. The van der Waals surface area contributed by atoms with Crippen molar-refractivity contribution in [3.05, 3.63) is 64.7 Å². The average Bonchev–Trinajstić information content (AvgIpc) is 2.59. The Bertz CT molecular complexity index is 764. The largest absolute Gasteiger partial charge is 0.418 e. The van der Waals surface area contributed by atoms with Gasteiger partial charge in [0.25, 0.3) is 0 Å². The molecule has 0 fully saturated rings. The van der Waals surface area contributed by atoms with Crippen LogP contribution in [0.25, 0.3) is 0 Å². The van der Waals surface area contributed by atoms with E-state index in [-0.39, 0.29) is 18.3 Å². The molecule has 1 amide bonds. The SMILES string of the molecule is CCN(CC(=O)Nc1ccccc1C(F)(F)F)C(C)c1ccccc1Cl. The topological polar surface area (TPSA) is 32.3 Å². The van der Waals surface area contributed by atoms with Crippen molar-refractivity contribution in [3.8, 4) is 0 Å². The van der Waals surface area contributed by atoms with Crippen molar-refractivity contribution in [2.45, 2.75) is 26.1 Å². The smallest absolute Gasteiger partial charge is 0.324 e. The van der Waals surface area contributed by atoms with Gasteiger partial charge >= 0.3 is 6.18 Å². The monoisotopic (exact) mass is 384 g/mol. The number of para-hydroxylation sites is 1. The highest BCUT2D eigenvalue weighted by Crippen LogP contribution is 2.34. The fraction of sp³-hybridized carbons (Fsp3) is 0.316. The third kappa shape index (κ3) is 4.99. The maximum atomic E-state index is 13.0. The molecule has 1 atom stereocenters. The maximum absolute atomic E-state index is 13.0. The van der Waals surface area contributed by atoms with Crippen molar-refractivity contribution in [1.82, 2.24) is 4.90 Å². The second-order valence-corrected chi connectivity index (χ2v) is 6.26. The second kappa shape index (κ2) is 8.56. The predicted octanol–water partition coefficient (Wildman–Crippen LogP) is 5.38. The van der Waals surface area contributed by atoms with Gasteiger partial charge in [-0.15, -0.1) is 0 Å². The summed E-state index contributed by atoms with van der Waals surface area (Å²) >= 11 is 6.21. The molecule has 140 valence electrons. The van der Waals surface area contributed by atoms with Crippen molar-refractivity contribution >= 4 is 23.2 Å². The Hall–Kier alpha value is -2.05. The molecule has 2 aromatic carbocycles. The van der Waals surface area contributed by atoms with E-state index >= 15 is 0 Å². The molecule has 0 aliphatic heterocycles. The molecular formula is C19H20ClF3N2O. The van der Waals surface area contributed by atoms with Gasteiger partial charge in [-0.3, -0.25) is 9.69 Å². The predicted molar refractivity (Wildman–Crippen MR) is 97.2 cm³/mol. The van der Waals surface area contributed by atoms with E-state index in [9.17, 15) is 18.0 Å². The number of benzene rings is 2. The molecule has 2 rings (SSSR count). The minimum absolute atomic E-state index is 0.0465. The molecule has 1 N–H and O–H groups in total. The highest BCUT2D eigenvalue weighted by atomic mass is 35.5.